The molecule has 0 saturated carbocycles. The minimum absolute atomic E-state index is 0.774. The first-order valence-electron chi connectivity index (χ1n) is 20.5. The van der Waals surface area contributed by atoms with Crippen molar-refractivity contribution < 1.29 is 0 Å². The van der Waals surface area contributed by atoms with Crippen LogP contribution in [0.15, 0.2) is 249 Å². The summed E-state index contributed by atoms with van der Waals surface area (Å²) in [5.41, 5.74) is 14.0. The summed E-state index contributed by atoms with van der Waals surface area (Å²) < 4.78 is 2.17. The van der Waals surface area contributed by atoms with Gasteiger partial charge >= 0.3 is 0 Å². The van der Waals surface area contributed by atoms with Crippen LogP contribution in [0.1, 0.15) is 0 Å². The fourth-order valence-electron chi connectivity index (χ4n) is 7.96. The third kappa shape index (κ3) is 7.72. The number of benzene rings is 9. The smallest absolute Gasteiger partial charge is 0.168 e. The third-order valence-corrected chi connectivity index (χ3v) is 10.9. The first-order valence-corrected chi connectivity index (χ1v) is 20.5. The molecule has 0 bridgehead atoms. The molecule has 0 unspecified atom stereocenters. The topological polar surface area (TPSA) is 37.2 Å². The number of hydrogen-bond donors (Lipinski definition) is 0. The highest BCUT2D eigenvalue weighted by Crippen LogP contribution is 2.38. The fraction of sp³-hybridized carbons (Fsp3) is 0. The Morgan fingerprint density at radius 3 is 0.885 bits per heavy atom. The Morgan fingerprint density at radius 1 is 0.246 bits per heavy atom. The van der Waals surface area contributed by atoms with E-state index in [2.05, 4.69) is 233 Å². The normalized spacial score (nSPS) is 11.0. The molecule has 1 aromatic heterocycles. The number of para-hydroxylation sites is 5. The van der Waals surface area contributed by atoms with Crippen molar-refractivity contribution in [3.05, 3.63) is 249 Å². The number of hydrogen-bond acceptors (Lipinski definition) is 4. The lowest BCUT2D eigenvalue weighted by molar-refractivity contribution is 1.07. The summed E-state index contributed by atoms with van der Waals surface area (Å²) in [5, 5.41) is 9.74. The predicted octanol–water partition coefficient (Wildman–Crippen LogP) is 14.9. The van der Waals surface area contributed by atoms with Crippen molar-refractivity contribution in [3.8, 4) is 50.7 Å². The molecule has 10 rings (SSSR count). The quantitative estimate of drug-likeness (QED) is 0.131. The van der Waals surface area contributed by atoms with Crippen LogP contribution in [0.5, 0.6) is 0 Å². The minimum Gasteiger partial charge on any atom is -0.311 e. The van der Waals surface area contributed by atoms with Gasteiger partial charge in [0.2, 0.25) is 0 Å². The fourth-order valence-corrected chi connectivity index (χ4v) is 7.96. The molecule has 0 aliphatic rings. The summed E-state index contributed by atoms with van der Waals surface area (Å²) in [6.07, 6.45) is 0. The van der Waals surface area contributed by atoms with Crippen molar-refractivity contribution in [2.45, 2.75) is 0 Å². The molecule has 0 spiro atoms. The standard InChI is InChI=1S/C56H41N5/c1-6-22-48(23-7-1)59(49-24-8-2-9-25-49)53-36-32-42(33-37-53)44-18-16-20-46(40-44)55-57-58-56(61(55)52-30-14-5-15-31-52)47-21-17-19-45(41-47)43-34-38-54(39-35-43)60(50-26-10-3-11-27-50)51-28-12-4-13-29-51/h1-41H. The molecule has 9 aromatic carbocycles. The van der Waals surface area contributed by atoms with E-state index in [1.54, 1.807) is 0 Å². The van der Waals surface area contributed by atoms with Crippen molar-refractivity contribution in [3.63, 3.8) is 0 Å². The van der Waals surface area contributed by atoms with Crippen LogP contribution in [-0.4, -0.2) is 14.8 Å². The average molecular weight is 784 g/mol. The van der Waals surface area contributed by atoms with Gasteiger partial charge in [-0.3, -0.25) is 4.57 Å². The number of rotatable bonds is 11. The number of anilines is 6. The van der Waals surface area contributed by atoms with E-state index in [1.165, 1.54) is 0 Å². The van der Waals surface area contributed by atoms with Crippen LogP contribution < -0.4 is 9.80 Å². The van der Waals surface area contributed by atoms with E-state index < -0.39 is 0 Å². The average Bonchev–Trinajstić information content (AvgIpc) is 3.80. The second-order valence-electron chi connectivity index (χ2n) is 14.8. The van der Waals surface area contributed by atoms with Crippen molar-refractivity contribution in [1.82, 2.24) is 14.8 Å². The van der Waals surface area contributed by atoms with E-state index in [1.807, 2.05) is 30.3 Å². The van der Waals surface area contributed by atoms with Crippen LogP contribution in [0.4, 0.5) is 34.1 Å². The van der Waals surface area contributed by atoms with Crippen molar-refractivity contribution in [2.24, 2.45) is 0 Å². The first kappa shape index (κ1) is 37.0. The number of nitrogens with zero attached hydrogens (tertiary/aromatic N) is 5. The van der Waals surface area contributed by atoms with Crippen LogP contribution in [0.25, 0.3) is 50.7 Å². The second kappa shape index (κ2) is 16.9. The minimum atomic E-state index is 0.774. The van der Waals surface area contributed by atoms with Crippen LogP contribution in [0.3, 0.4) is 0 Å². The van der Waals surface area contributed by atoms with E-state index in [0.29, 0.717) is 0 Å². The van der Waals surface area contributed by atoms with Gasteiger partial charge in [0, 0.05) is 50.9 Å². The van der Waals surface area contributed by atoms with Crippen LogP contribution in [0.2, 0.25) is 0 Å². The molecule has 5 heteroatoms. The Bertz CT molecular complexity index is 2720. The summed E-state index contributed by atoms with van der Waals surface area (Å²) in [4.78, 5) is 4.55. The van der Waals surface area contributed by atoms with Crippen LogP contribution >= 0.6 is 0 Å². The van der Waals surface area contributed by atoms with Gasteiger partial charge < -0.3 is 9.80 Å². The van der Waals surface area contributed by atoms with Crippen molar-refractivity contribution in [2.75, 3.05) is 9.80 Å². The van der Waals surface area contributed by atoms with Crippen LogP contribution in [-0.2, 0) is 0 Å². The summed E-state index contributed by atoms with van der Waals surface area (Å²) in [7, 11) is 0. The Balaban J connectivity index is 0.977. The zero-order valence-corrected chi connectivity index (χ0v) is 33.4. The maximum Gasteiger partial charge on any atom is 0.168 e. The van der Waals surface area contributed by atoms with E-state index in [-0.39, 0.29) is 0 Å². The Labute approximate surface area is 356 Å². The van der Waals surface area contributed by atoms with E-state index in [9.17, 15) is 0 Å². The maximum absolute atomic E-state index is 4.87. The summed E-state index contributed by atoms with van der Waals surface area (Å²) in [6.45, 7) is 0. The molecule has 10 aromatic rings. The van der Waals surface area contributed by atoms with E-state index in [0.717, 1.165) is 84.8 Å². The summed E-state index contributed by atoms with van der Waals surface area (Å²) in [5.74, 6) is 1.55. The zero-order valence-electron chi connectivity index (χ0n) is 33.4. The molecule has 0 fully saturated rings. The Morgan fingerprint density at radius 2 is 0.541 bits per heavy atom. The Kier molecular flexibility index (Phi) is 10.3. The van der Waals surface area contributed by atoms with E-state index in [4.69, 9.17) is 10.2 Å². The SMILES string of the molecule is c1ccc(N(c2ccccc2)c2ccc(-c3cccc(-c4nnc(-c5cccc(-c6ccc(N(c7ccccc7)c7ccccc7)cc6)c5)n4-c4ccccc4)c3)cc2)cc1. The maximum atomic E-state index is 4.87. The molecule has 1 heterocycles. The van der Waals surface area contributed by atoms with Crippen molar-refractivity contribution >= 4 is 34.1 Å². The van der Waals surface area contributed by atoms with Gasteiger partial charge in [-0.25, -0.2) is 0 Å². The van der Waals surface area contributed by atoms with Gasteiger partial charge in [0.15, 0.2) is 11.6 Å². The largest absolute Gasteiger partial charge is 0.311 e. The Hall–Kier alpha value is -8.28. The van der Waals surface area contributed by atoms with Gasteiger partial charge in [-0.15, -0.1) is 10.2 Å². The van der Waals surface area contributed by atoms with Crippen LogP contribution in [0, 0.1) is 0 Å². The van der Waals surface area contributed by atoms with Gasteiger partial charge in [0.1, 0.15) is 0 Å². The zero-order chi connectivity index (χ0) is 40.8. The van der Waals surface area contributed by atoms with E-state index >= 15 is 0 Å². The lowest BCUT2D eigenvalue weighted by Gasteiger charge is -2.25. The van der Waals surface area contributed by atoms with Gasteiger partial charge in [0.05, 0.1) is 0 Å². The molecule has 0 N–H and O–H groups in total. The summed E-state index contributed by atoms with van der Waals surface area (Å²) >= 11 is 0. The molecule has 0 amide bonds. The highest BCUT2D eigenvalue weighted by atomic mass is 15.3. The number of aromatic nitrogens is 3. The predicted molar refractivity (Wildman–Crippen MR) is 252 cm³/mol. The lowest BCUT2D eigenvalue weighted by atomic mass is 10.0. The molecule has 0 radical (unpaired) electrons. The first-order chi connectivity index (χ1) is 30.3. The summed E-state index contributed by atoms with van der Waals surface area (Å²) in [6, 6.07) is 87.0. The molecular weight excluding hydrogens is 743 g/mol. The van der Waals surface area contributed by atoms with Gasteiger partial charge in [-0.2, -0.15) is 0 Å². The molecule has 0 saturated heterocycles. The lowest BCUT2D eigenvalue weighted by Crippen LogP contribution is -2.09. The molecule has 0 aliphatic heterocycles. The molecular formula is C56H41N5. The molecule has 0 atom stereocenters. The highest BCUT2D eigenvalue weighted by molar-refractivity contribution is 5.81. The van der Waals surface area contributed by atoms with Gasteiger partial charge in [0.25, 0.3) is 0 Å². The molecule has 0 aliphatic carbocycles. The third-order valence-electron chi connectivity index (χ3n) is 10.9. The van der Waals surface area contributed by atoms with Gasteiger partial charge in [-0.05, 0) is 119 Å². The van der Waals surface area contributed by atoms with Crippen molar-refractivity contribution in [1.29, 1.82) is 0 Å². The molecule has 61 heavy (non-hydrogen) atoms. The highest BCUT2D eigenvalue weighted by Gasteiger charge is 2.19. The molecule has 290 valence electrons. The monoisotopic (exact) mass is 783 g/mol. The molecule has 5 nitrogen and oxygen atoms in total. The van der Waals surface area contributed by atoms with Gasteiger partial charge in [-0.1, -0.05) is 152 Å². The second-order valence-corrected chi connectivity index (χ2v) is 14.8.